The average Bonchev–Trinajstić information content (AvgIpc) is 2.77. The van der Waals surface area contributed by atoms with E-state index in [0.29, 0.717) is 17.0 Å². The normalized spacial score (nSPS) is 11.3. The minimum atomic E-state index is -0.906. The van der Waals surface area contributed by atoms with E-state index in [4.69, 9.17) is 15.2 Å². The fourth-order valence-corrected chi connectivity index (χ4v) is 3.10. The first kappa shape index (κ1) is 20.7. The van der Waals surface area contributed by atoms with Crippen molar-refractivity contribution in [2.24, 2.45) is 5.73 Å². The quantitative estimate of drug-likeness (QED) is 0.556. The molecule has 0 aliphatic heterocycles. The molecule has 7 nitrogen and oxygen atoms in total. The van der Waals surface area contributed by atoms with Crippen LogP contribution in [0.5, 0.6) is 11.5 Å². The van der Waals surface area contributed by atoms with Gasteiger partial charge >= 0.3 is 6.03 Å². The molecule has 154 valence electrons. The molecule has 0 aliphatic rings. The lowest BCUT2D eigenvalue weighted by Gasteiger charge is -2.20. The molecule has 0 aromatic heterocycles. The van der Waals surface area contributed by atoms with Crippen LogP contribution in [0.1, 0.15) is 11.6 Å². The monoisotopic (exact) mass is 405 g/mol. The first-order chi connectivity index (χ1) is 14.5. The number of urea groups is 1. The van der Waals surface area contributed by atoms with Gasteiger partial charge in [0.2, 0.25) is 0 Å². The number of amides is 3. The van der Waals surface area contributed by atoms with E-state index >= 15 is 0 Å². The van der Waals surface area contributed by atoms with Gasteiger partial charge in [0.1, 0.15) is 17.5 Å². The second-order valence-electron chi connectivity index (χ2n) is 6.49. The maximum Gasteiger partial charge on any atom is 0.318 e. The Balaban J connectivity index is 1.96. The van der Waals surface area contributed by atoms with Crippen LogP contribution in [0.2, 0.25) is 0 Å². The molecule has 0 radical (unpaired) electrons. The highest BCUT2D eigenvalue weighted by atomic mass is 16.5. The molecule has 1 atom stereocenters. The smallest absolute Gasteiger partial charge is 0.318 e. The Hall–Kier alpha value is -4.00. The molecule has 3 amide bonds. The number of methoxy groups -OCH3 is 2. The van der Waals surface area contributed by atoms with Crippen molar-refractivity contribution in [1.29, 1.82) is 0 Å². The first-order valence-corrected chi connectivity index (χ1v) is 9.26. The topological polar surface area (TPSA) is 103 Å². The number of benzene rings is 3. The van der Waals surface area contributed by atoms with Crippen molar-refractivity contribution in [1.82, 2.24) is 5.32 Å². The van der Waals surface area contributed by atoms with E-state index in [9.17, 15) is 9.59 Å². The van der Waals surface area contributed by atoms with E-state index in [-0.39, 0.29) is 0 Å². The summed E-state index contributed by atoms with van der Waals surface area (Å²) in [6, 6.07) is 20.4. The largest absolute Gasteiger partial charge is 0.497 e. The Bertz CT molecular complexity index is 1020. The number of anilines is 1. The van der Waals surface area contributed by atoms with Gasteiger partial charge in [-0.25, -0.2) is 4.79 Å². The standard InChI is InChI=1S/C23H23N3O4/c1-29-18-11-8-15(9-12-18)19-14-17(10-13-20(19)30-2)25-21(22(27)26-23(24)28)16-6-4-3-5-7-16/h3-14,21,25H,1-2H3,(H3,24,26,27,28)/t21-/m0/s1. The number of rotatable bonds is 7. The molecule has 0 spiro atoms. The number of primary amides is 1. The minimum Gasteiger partial charge on any atom is -0.497 e. The summed E-state index contributed by atoms with van der Waals surface area (Å²) in [6.07, 6.45) is 0. The Labute approximate surface area is 174 Å². The van der Waals surface area contributed by atoms with Crippen LogP contribution in [-0.4, -0.2) is 26.2 Å². The van der Waals surface area contributed by atoms with E-state index in [2.05, 4.69) is 10.6 Å². The summed E-state index contributed by atoms with van der Waals surface area (Å²) in [4.78, 5) is 23.8. The van der Waals surface area contributed by atoms with E-state index in [1.165, 1.54) is 0 Å². The van der Waals surface area contributed by atoms with Gasteiger partial charge in [0.25, 0.3) is 5.91 Å². The molecule has 0 aliphatic carbocycles. The lowest BCUT2D eigenvalue weighted by molar-refractivity contribution is -0.120. The fraction of sp³-hybridized carbons (Fsp3) is 0.130. The molecule has 0 saturated carbocycles. The number of hydrogen-bond donors (Lipinski definition) is 3. The maximum atomic E-state index is 12.6. The highest BCUT2D eigenvalue weighted by Crippen LogP contribution is 2.34. The molecule has 0 fully saturated rings. The van der Waals surface area contributed by atoms with Crippen LogP contribution in [0.25, 0.3) is 11.1 Å². The van der Waals surface area contributed by atoms with Crippen LogP contribution in [0.15, 0.2) is 72.8 Å². The van der Waals surface area contributed by atoms with Gasteiger partial charge in [0.15, 0.2) is 0 Å². The number of nitrogens with one attached hydrogen (secondary N) is 2. The number of nitrogens with two attached hydrogens (primary N) is 1. The van der Waals surface area contributed by atoms with Crippen molar-refractivity contribution in [3.05, 3.63) is 78.4 Å². The highest BCUT2D eigenvalue weighted by Gasteiger charge is 2.22. The summed E-state index contributed by atoms with van der Waals surface area (Å²) < 4.78 is 10.7. The zero-order chi connectivity index (χ0) is 21.5. The number of imide groups is 1. The Kier molecular flexibility index (Phi) is 6.54. The summed E-state index contributed by atoms with van der Waals surface area (Å²) in [5, 5.41) is 5.33. The molecule has 3 rings (SSSR count). The molecule has 0 heterocycles. The van der Waals surface area contributed by atoms with Crippen molar-refractivity contribution in [2.45, 2.75) is 6.04 Å². The molecule has 3 aromatic carbocycles. The molecule has 3 aromatic rings. The number of ether oxygens (including phenoxy) is 2. The van der Waals surface area contributed by atoms with Crippen LogP contribution in [0.4, 0.5) is 10.5 Å². The van der Waals surface area contributed by atoms with Crippen LogP contribution in [0, 0.1) is 0 Å². The van der Waals surface area contributed by atoms with Gasteiger partial charge in [-0.3, -0.25) is 10.1 Å². The molecule has 0 bridgehead atoms. The molecule has 0 saturated heterocycles. The van der Waals surface area contributed by atoms with Gasteiger partial charge in [0.05, 0.1) is 14.2 Å². The summed E-state index contributed by atoms with van der Waals surface area (Å²) in [6.45, 7) is 0. The van der Waals surface area contributed by atoms with Gasteiger partial charge in [-0.05, 0) is 41.5 Å². The Morgan fingerprint density at radius 2 is 1.60 bits per heavy atom. The highest BCUT2D eigenvalue weighted by molar-refractivity contribution is 5.98. The summed E-state index contributed by atoms with van der Waals surface area (Å²) >= 11 is 0. The maximum absolute atomic E-state index is 12.6. The predicted molar refractivity (Wildman–Crippen MR) is 116 cm³/mol. The molecular formula is C23H23N3O4. The molecule has 30 heavy (non-hydrogen) atoms. The molecule has 4 N–H and O–H groups in total. The summed E-state index contributed by atoms with van der Waals surface area (Å²) in [5.41, 5.74) is 8.27. The SMILES string of the molecule is COc1ccc(-c2cc(N[C@H](C(=O)NC(N)=O)c3ccccc3)ccc2OC)cc1. The van der Waals surface area contributed by atoms with Crippen LogP contribution in [-0.2, 0) is 4.79 Å². The third-order valence-electron chi connectivity index (χ3n) is 4.55. The van der Waals surface area contributed by atoms with Crippen LogP contribution < -0.4 is 25.8 Å². The van der Waals surface area contributed by atoms with Crippen molar-refractivity contribution in [3.63, 3.8) is 0 Å². The van der Waals surface area contributed by atoms with Gasteiger partial charge in [0, 0.05) is 11.3 Å². The lowest BCUT2D eigenvalue weighted by Crippen LogP contribution is -2.40. The average molecular weight is 405 g/mol. The zero-order valence-corrected chi connectivity index (χ0v) is 16.7. The lowest BCUT2D eigenvalue weighted by atomic mass is 10.0. The fourth-order valence-electron chi connectivity index (χ4n) is 3.10. The Morgan fingerprint density at radius 1 is 0.900 bits per heavy atom. The van der Waals surface area contributed by atoms with Gasteiger partial charge in [-0.15, -0.1) is 0 Å². The van der Waals surface area contributed by atoms with Crippen molar-refractivity contribution in [3.8, 4) is 22.6 Å². The van der Waals surface area contributed by atoms with Crippen molar-refractivity contribution >= 4 is 17.6 Å². The third-order valence-corrected chi connectivity index (χ3v) is 4.55. The van der Waals surface area contributed by atoms with Crippen LogP contribution in [0.3, 0.4) is 0 Å². The number of hydrogen-bond acceptors (Lipinski definition) is 5. The van der Waals surface area contributed by atoms with E-state index in [1.807, 2.05) is 54.6 Å². The third kappa shape index (κ3) is 4.88. The summed E-state index contributed by atoms with van der Waals surface area (Å²) in [5.74, 6) is 0.887. The van der Waals surface area contributed by atoms with E-state index in [0.717, 1.165) is 16.9 Å². The molecule has 0 unspecified atom stereocenters. The minimum absolute atomic E-state index is 0.546. The number of carbonyl (C=O) groups excluding carboxylic acids is 2. The second-order valence-corrected chi connectivity index (χ2v) is 6.49. The Morgan fingerprint density at radius 3 is 2.20 bits per heavy atom. The summed E-state index contributed by atoms with van der Waals surface area (Å²) in [7, 11) is 3.21. The van der Waals surface area contributed by atoms with Gasteiger partial charge < -0.3 is 20.5 Å². The first-order valence-electron chi connectivity index (χ1n) is 9.26. The molecular weight excluding hydrogens is 382 g/mol. The predicted octanol–water partition coefficient (Wildman–Crippen LogP) is 3.72. The molecule has 7 heteroatoms. The van der Waals surface area contributed by atoms with Gasteiger partial charge in [-0.1, -0.05) is 42.5 Å². The number of carbonyl (C=O) groups is 2. The van der Waals surface area contributed by atoms with Gasteiger partial charge in [-0.2, -0.15) is 0 Å². The van der Waals surface area contributed by atoms with E-state index in [1.54, 1.807) is 32.4 Å². The zero-order valence-electron chi connectivity index (χ0n) is 16.7. The van der Waals surface area contributed by atoms with Crippen LogP contribution >= 0.6 is 0 Å². The van der Waals surface area contributed by atoms with E-state index < -0.39 is 18.0 Å². The van der Waals surface area contributed by atoms with Crippen molar-refractivity contribution in [2.75, 3.05) is 19.5 Å². The second kappa shape index (κ2) is 9.47. The van der Waals surface area contributed by atoms with Crippen molar-refractivity contribution < 1.29 is 19.1 Å².